The molecule has 1 aliphatic carbocycles. The van der Waals surface area contributed by atoms with Crippen molar-refractivity contribution in [3.05, 3.63) is 53.1 Å². The summed E-state index contributed by atoms with van der Waals surface area (Å²) in [5.74, 6) is -0.139. The molecule has 2 aromatic rings. The van der Waals surface area contributed by atoms with Gasteiger partial charge in [0, 0.05) is 18.5 Å². The Kier molecular flexibility index (Phi) is 8.89. The van der Waals surface area contributed by atoms with Crippen LogP contribution in [0.4, 0.5) is 0 Å². The van der Waals surface area contributed by atoms with E-state index in [-0.39, 0.29) is 23.4 Å². The first-order valence-corrected chi connectivity index (χ1v) is 12.8. The fourth-order valence-corrected chi connectivity index (χ4v) is 4.74. The molecule has 0 unspecified atom stereocenters. The van der Waals surface area contributed by atoms with Gasteiger partial charge in [0.05, 0.1) is 18.6 Å². The van der Waals surface area contributed by atoms with Gasteiger partial charge in [-0.1, -0.05) is 13.0 Å². The normalized spacial score (nSPS) is 13.0. The molecule has 0 fully saturated rings. The highest BCUT2D eigenvalue weighted by molar-refractivity contribution is 7.89. The average Bonchev–Trinajstić information content (AvgIpc) is 2.85. The topological polar surface area (TPSA) is 123 Å². The van der Waals surface area contributed by atoms with Crippen LogP contribution >= 0.6 is 0 Å². The number of fused-ring (bicyclic) bond motifs is 1. The van der Waals surface area contributed by atoms with Gasteiger partial charge in [0.1, 0.15) is 0 Å². The molecule has 0 saturated heterocycles. The average molecular weight is 490 g/mol. The number of ether oxygens (including phenoxy) is 2. The van der Waals surface area contributed by atoms with E-state index in [1.165, 1.54) is 18.7 Å². The molecule has 0 atom stereocenters. The van der Waals surface area contributed by atoms with E-state index in [9.17, 15) is 18.0 Å². The Morgan fingerprint density at radius 1 is 0.971 bits per heavy atom. The van der Waals surface area contributed by atoms with Crippen LogP contribution in [0.15, 0.2) is 41.3 Å². The molecule has 34 heavy (non-hydrogen) atoms. The van der Waals surface area contributed by atoms with Gasteiger partial charge in [0.25, 0.3) is 5.91 Å². The Labute approximate surface area is 200 Å². The Morgan fingerprint density at radius 3 is 2.47 bits per heavy atom. The zero-order chi connectivity index (χ0) is 24.6. The number of aryl methyl sites for hydroxylation is 2. The zero-order valence-electron chi connectivity index (χ0n) is 19.5. The van der Waals surface area contributed by atoms with Crippen LogP contribution in [0, 0.1) is 0 Å². The van der Waals surface area contributed by atoms with Crippen LogP contribution in [0.5, 0.6) is 11.5 Å². The van der Waals surface area contributed by atoms with Gasteiger partial charge in [-0.2, -0.15) is 0 Å². The lowest BCUT2D eigenvalue weighted by molar-refractivity contribution is -0.121. The van der Waals surface area contributed by atoms with E-state index in [1.54, 1.807) is 24.3 Å². The van der Waals surface area contributed by atoms with Crippen LogP contribution in [0.2, 0.25) is 0 Å². The van der Waals surface area contributed by atoms with Crippen LogP contribution in [-0.2, 0) is 27.7 Å². The SMILES string of the molecule is CCCOc1ccc(C(=O)NNC(=O)CCNS(=O)(=O)c2ccc3c(c2)CCCC3)cc1OC. The number of hydrogen-bond acceptors (Lipinski definition) is 6. The number of hydrazine groups is 1. The van der Waals surface area contributed by atoms with E-state index < -0.39 is 21.8 Å². The van der Waals surface area contributed by atoms with Crippen LogP contribution in [0.3, 0.4) is 0 Å². The smallest absolute Gasteiger partial charge is 0.269 e. The van der Waals surface area contributed by atoms with Gasteiger partial charge in [0.2, 0.25) is 15.9 Å². The minimum atomic E-state index is -3.73. The lowest BCUT2D eigenvalue weighted by Crippen LogP contribution is -2.42. The predicted molar refractivity (Wildman–Crippen MR) is 127 cm³/mol. The van der Waals surface area contributed by atoms with Gasteiger partial charge in [-0.15, -0.1) is 0 Å². The Hall–Kier alpha value is -3.11. The highest BCUT2D eigenvalue weighted by Crippen LogP contribution is 2.28. The molecule has 0 saturated carbocycles. The van der Waals surface area contributed by atoms with Crippen molar-refractivity contribution in [3.8, 4) is 11.5 Å². The van der Waals surface area contributed by atoms with Crippen molar-refractivity contribution in [1.82, 2.24) is 15.6 Å². The van der Waals surface area contributed by atoms with E-state index in [0.29, 0.717) is 18.1 Å². The second-order valence-corrected chi connectivity index (χ2v) is 9.77. The molecule has 0 bridgehead atoms. The van der Waals surface area contributed by atoms with E-state index in [2.05, 4.69) is 15.6 Å². The molecule has 0 spiro atoms. The molecule has 9 nitrogen and oxygen atoms in total. The number of amides is 2. The molecule has 3 N–H and O–H groups in total. The van der Waals surface area contributed by atoms with Gasteiger partial charge in [-0.25, -0.2) is 13.1 Å². The second-order valence-electron chi connectivity index (χ2n) is 8.00. The van der Waals surface area contributed by atoms with Crippen LogP contribution in [-0.4, -0.2) is 40.5 Å². The maximum Gasteiger partial charge on any atom is 0.269 e. The van der Waals surface area contributed by atoms with Gasteiger partial charge in [-0.05, 0) is 73.6 Å². The van der Waals surface area contributed by atoms with Gasteiger partial charge in [0.15, 0.2) is 11.5 Å². The summed E-state index contributed by atoms with van der Waals surface area (Å²) in [7, 11) is -2.25. The molecule has 0 heterocycles. The first-order chi connectivity index (χ1) is 16.3. The lowest BCUT2D eigenvalue weighted by Gasteiger charge is -2.16. The van der Waals surface area contributed by atoms with Crippen molar-refractivity contribution in [2.45, 2.75) is 50.3 Å². The van der Waals surface area contributed by atoms with E-state index in [4.69, 9.17) is 9.47 Å². The predicted octanol–water partition coefficient (Wildman–Crippen LogP) is 2.49. The molecule has 2 amide bonds. The highest BCUT2D eigenvalue weighted by atomic mass is 32.2. The Balaban J connectivity index is 1.47. The van der Waals surface area contributed by atoms with Gasteiger partial charge < -0.3 is 9.47 Å². The van der Waals surface area contributed by atoms with Crippen LogP contribution in [0.25, 0.3) is 0 Å². The van der Waals surface area contributed by atoms with Crippen molar-refractivity contribution in [1.29, 1.82) is 0 Å². The number of carbonyl (C=O) groups excluding carboxylic acids is 2. The summed E-state index contributed by atoms with van der Waals surface area (Å²) in [4.78, 5) is 24.6. The standard InChI is InChI=1S/C24H31N3O6S/c1-3-14-33-21-11-9-19(16-22(21)32-2)24(29)27-26-23(28)12-13-25-34(30,31)20-10-8-17-6-4-5-7-18(17)15-20/h8-11,15-16,25H,3-7,12-14H2,1-2H3,(H,26,28)(H,27,29). The molecular formula is C24H31N3O6S. The molecule has 1 aliphatic rings. The third-order valence-corrected chi connectivity index (χ3v) is 6.94. The minimum Gasteiger partial charge on any atom is -0.493 e. The van der Waals surface area contributed by atoms with Gasteiger partial charge in [-0.3, -0.25) is 20.4 Å². The van der Waals surface area contributed by atoms with E-state index in [0.717, 1.165) is 37.7 Å². The number of hydrogen-bond donors (Lipinski definition) is 3. The van der Waals surface area contributed by atoms with Gasteiger partial charge >= 0.3 is 0 Å². The minimum absolute atomic E-state index is 0.0988. The summed E-state index contributed by atoms with van der Waals surface area (Å²) in [5.41, 5.74) is 7.14. The molecule has 0 aliphatic heterocycles. The van der Waals surface area contributed by atoms with Crippen molar-refractivity contribution >= 4 is 21.8 Å². The first kappa shape index (κ1) is 25.5. The number of benzene rings is 2. The molecule has 0 aromatic heterocycles. The summed E-state index contributed by atoms with van der Waals surface area (Å²) in [6.07, 6.45) is 4.72. The Morgan fingerprint density at radius 2 is 1.74 bits per heavy atom. The number of rotatable bonds is 10. The Bertz CT molecular complexity index is 1130. The molecule has 0 radical (unpaired) electrons. The molecule has 184 valence electrons. The third kappa shape index (κ3) is 6.71. The summed E-state index contributed by atoms with van der Waals surface area (Å²) in [6.45, 7) is 2.41. The van der Waals surface area contributed by atoms with Crippen molar-refractivity contribution in [3.63, 3.8) is 0 Å². The summed E-state index contributed by atoms with van der Waals surface area (Å²) in [5, 5.41) is 0. The van der Waals surface area contributed by atoms with Crippen LogP contribution < -0.4 is 25.0 Å². The fraction of sp³-hybridized carbons (Fsp3) is 0.417. The van der Waals surface area contributed by atoms with E-state index in [1.807, 2.05) is 13.0 Å². The molecule has 10 heteroatoms. The van der Waals surface area contributed by atoms with Crippen molar-refractivity contribution in [2.24, 2.45) is 0 Å². The quantitative estimate of drug-likeness (QED) is 0.441. The summed E-state index contributed by atoms with van der Waals surface area (Å²) >= 11 is 0. The monoisotopic (exact) mass is 489 g/mol. The first-order valence-electron chi connectivity index (χ1n) is 11.4. The zero-order valence-corrected chi connectivity index (χ0v) is 20.3. The third-order valence-electron chi connectivity index (χ3n) is 5.48. The molecular weight excluding hydrogens is 458 g/mol. The fourth-order valence-electron chi connectivity index (χ4n) is 3.66. The number of methoxy groups -OCH3 is 1. The molecule has 3 rings (SSSR count). The number of carbonyl (C=O) groups is 2. The highest BCUT2D eigenvalue weighted by Gasteiger charge is 2.18. The summed E-state index contributed by atoms with van der Waals surface area (Å²) < 4.78 is 38.4. The maximum atomic E-state index is 12.6. The lowest BCUT2D eigenvalue weighted by atomic mass is 9.92. The molecule has 2 aromatic carbocycles. The largest absolute Gasteiger partial charge is 0.493 e. The maximum absolute atomic E-state index is 12.6. The van der Waals surface area contributed by atoms with Crippen molar-refractivity contribution < 1.29 is 27.5 Å². The summed E-state index contributed by atoms with van der Waals surface area (Å²) in [6, 6.07) is 9.87. The number of nitrogens with one attached hydrogen (secondary N) is 3. The van der Waals surface area contributed by atoms with E-state index >= 15 is 0 Å². The van der Waals surface area contributed by atoms with Crippen molar-refractivity contribution in [2.75, 3.05) is 20.3 Å². The van der Waals surface area contributed by atoms with Crippen LogP contribution in [0.1, 0.15) is 54.1 Å². The second kappa shape index (κ2) is 11.8. The number of sulfonamides is 1.